The highest BCUT2D eigenvalue weighted by molar-refractivity contribution is 7.11. The van der Waals surface area contributed by atoms with E-state index in [2.05, 4.69) is 4.98 Å². The first-order chi connectivity index (χ1) is 8.24. The molecule has 5 heteroatoms. The summed E-state index contributed by atoms with van der Waals surface area (Å²) >= 11 is 7.41. The predicted octanol–water partition coefficient (Wildman–Crippen LogP) is 3.08. The fourth-order valence-corrected chi connectivity index (χ4v) is 3.32. The summed E-state index contributed by atoms with van der Waals surface area (Å²) in [6.45, 7) is 2.71. The number of hydrogen-bond acceptors (Lipinski definition) is 3. The number of aromatic nitrogens is 1. The average Bonchev–Trinajstić information content (AvgIpc) is 2.64. The quantitative estimate of drug-likeness (QED) is 0.775. The third kappa shape index (κ3) is 2.80. The Morgan fingerprint density at radius 2 is 2.41 bits per heavy atom. The Hall–Kier alpha value is -0.610. The van der Waals surface area contributed by atoms with Gasteiger partial charge in [-0.25, -0.2) is 4.98 Å². The van der Waals surface area contributed by atoms with Gasteiger partial charge in [0.2, 0.25) is 0 Å². The van der Waals surface area contributed by atoms with E-state index in [0.29, 0.717) is 5.88 Å². The molecule has 1 aliphatic heterocycles. The molecule has 2 rings (SSSR count). The molecule has 0 saturated carbocycles. The fraction of sp³-hybridized carbons (Fsp3) is 0.667. The van der Waals surface area contributed by atoms with Crippen LogP contribution < -0.4 is 0 Å². The monoisotopic (exact) mass is 272 g/mol. The Balaban J connectivity index is 2.18. The lowest BCUT2D eigenvalue weighted by molar-refractivity contribution is 0.0704. The molecule has 3 nitrogen and oxygen atoms in total. The number of aryl methyl sites for hydroxylation is 1. The van der Waals surface area contributed by atoms with Crippen LogP contribution in [0.5, 0.6) is 0 Å². The third-order valence-electron chi connectivity index (χ3n) is 3.26. The first-order valence-corrected chi connectivity index (χ1v) is 7.42. The maximum Gasteiger partial charge on any atom is 0.266 e. The number of nitrogens with zero attached hydrogens (tertiary/aromatic N) is 2. The molecule has 1 atom stereocenters. The maximum absolute atomic E-state index is 12.4. The first-order valence-electron chi connectivity index (χ1n) is 6.01. The number of rotatable bonds is 2. The normalized spacial score (nSPS) is 21.3. The molecular formula is C12H17ClN2OS. The van der Waals surface area contributed by atoms with Crippen molar-refractivity contribution in [2.24, 2.45) is 0 Å². The summed E-state index contributed by atoms with van der Waals surface area (Å²) in [7, 11) is 0. The van der Waals surface area contributed by atoms with Gasteiger partial charge in [-0.15, -0.1) is 22.9 Å². The van der Waals surface area contributed by atoms with Crippen molar-refractivity contribution >= 4 is 28.8 Å². The number of carbonyl (C=O) groups excluding carboxylic acids is 1. The van der Waals surface area contributed by atoms with Gasteiger partial charge in [0, 0.05) is 18.5 Å². The fourth-order valence-electron chi connectivity index (χ4n) is 2.24. The van der Waals surface area contributed by atoms with Crippen molar-refractivity contribution in [3.05, 3.63) is 16.1 Å². The van der Waals surface area contributed by atoms with Crippen LogP contribution in [0.1, 0.15) is 41.0 Å². The molecule has 1 fully saturated rings. The zero-order chi connectivity index (χ0) is 12.3. The number of carbonyl (C=O) groups is 1. The summed E-state index contributed by atoms with van der Waals surface area (Å²) in [6, 6.07) is 0.188. The zero-order valence-corrected chi connectivity index (χ0v) is 11.6. The second-order valence-corrected chi connectivity index (χ2v) is 5.59. The Kier molecular flexibility index (Phi) is 4.40. The second kappa shape index (κ2) is 5.83. The van der Waals surface area contributed by atoms with Gasteiger partial charge in [-0.1, -0.05) is 12.8 Å². The summed E-state index contributed by atoms with van der Waals surface area (Å²) in [5, 5.41) is 0. The van der Waals surface area contributed by atoms with Crippen LogP contribution in [0.4, 0.5) is 0 Å². The van der Waals surface area contributed by atoms with Crippen LogP contribution in [0.3, 0.4) is 0 Å². The van der Waals surface area contributed by atoms with Crippen molar-refractivity contribution in [1.29, 1.82) is 0 Å². The van der Waals surface area contributed by atoms with Gasteiger partial charge >= 0.3 is 0 Å². The van der Waals surface area contributed by atoms with Crippen molar-refractivity contribution in [1.82, 2.24) is 9.88 Å². The van der Waals surface area contributed by atoms with E-state index in [1.54, 1.807) is 5.51 Å². The summed E-state index contributed by atoms with van der Waals surface area (Å²) in [6.07, 6.45) is 4.46. The highest BCUT2D eigenvalue weighted by atomic mass is 35.5. The third-order valence-corrected chi connectivity index (χ3v) is 4.53. The van der Waals surface area contributed by atoms with Crippen LogP contribution in [0.2, 0.25) is 0 Å². The maximum atomic E-state index is 12.4. The number of hydrogen-bond donors (Lipinski definition) is 0. The van der Waals surface area contributed by atoms with Crippen molar-refractivity contribution in [3.63, 3.8) is 0 Å². The van der Waals surface area contributed by atoms with Gasteiger partial charge in [0.25, 0.3) is 5.91 Å². The number of halogens is 1. The van der Waals surface area contributed by atoms with E-state index in [0.717, 1.165) is 30.0 Å². The van der Waals surface area contributed by atoms with Gasteiger partial charge in [0.1, 0.15) is 4.88 Å². The summed E-state index contributed by atoms with van der Waals surface area (Å²) in [4.78, 5) is 19.3. The van der Waals surface area contributed by atoms with Gasteiger partial charge < -0.3 is 4.90 Å². The molecule has 1 amide bonds. The highest BCUT2D eigenvalue weighted by Crippen LogP contribution is 2.23. The van der Waals surface area contributed by atoms with E-state index < -0.39 is 0 Å². The summed E-state index contributed by atoms with van der Waals surface area (Å²) in [5.74, 6) is 0.640. The van der Waals surface area contributed by atoms with Crippen LogP contribution in [-0.2, 0) is 0 Å². The molecule has 0 N–H and O–H groups in total. The molecule has 1 aliphatic rings. The molecular weight excluding hydrogens is 256 g/mol. The van der Waals surface area contributed by atoms with Gasteiger partial charge in [-0.2, -0.15) is 0 Å². The molecule has 1 aromatic heterocycles. The highest BCUT2D eigenvalue weighted by Gasteiger charge is 2.27. The van der Waals surface area contributed by atoms with Gasteiger partial charge in [0.15, 0.2) is 0 Å². The molecule has 17 heavy (non-hydrogen) atoms. The van der Waals surface area contributed by atoms with Crippen LogP contribution in [0.15, 0.2) is 5.51 Å². The standard InChI is InChI=1S/C12H17ClN2OS/c1-9-11(17-8-14-9)12(16)15-6-4-2-3-5-10(15)7-13/h8,10H,2-7H2,1H3. The number of likely N-dealkylation sites (tertiary alicyclic amines) is 1. The molecule has 0 bridgehead atoms. The Labute approximate surface area is 111 Å². The minimum absolute atomic E-state index is 0.109. The molecule has 1 aromatic rings. The van der Waals surface area contributed by atoms with E-state index in [1.165, 1.54) is 24.2 Å². The number of thiazole rings is 1. The molecule has 94 valence electrons. The van der Waals surface area contributed by atoms with Gasteiger partial charge in [-0.05, 0) is 19.8 Å². The largest absolute Gasteiger partial charge is 0.334 e. The summed E-state index contributed by atoms with van der Waals surface area (Å²) < 4.78 is 0. The lowest BCUT2D eigenvalue weighted by atomic mass is 10.1. The summed E-state index contributed by atoms with van der Waals surface area (Å²) in [5.41, 5.74) is 2.56. The predicted molar refractivity (Wildman–Crippen MR) is 70.9 cm³/mol. The van der Waals surface area contributed by atoms with E-state index in [4.69, 9.17) is 11.6 Å². The molecule has 0 aliphatic carbocycles. The number of alkyl halides is 1. The van der Waals surface area contributed by atoms with Crippen LogP contribution >= 0.6 is 22.9 Å². The minimum Gasteiger partial charge on any atom is -0.334 e. The molecule has 1 unspecified atom stereocenters. The topological polar surface area (TPSA) is 33.2 Å². The Bertz CT molecular complexity index is 394. The second-order valence-electron chi connectivity index (χ2n) is 4.42. The molecule has 0 aromatic carbocycles. The average molecular weight is 273 g/mol. The minimum atomic E-state index is 0.109. The first kappa shape index (κ1) is 12.8. The Morgan fingerprint density at radius 1 is 1.59 bits per heavy atom. The van der Waals surface area contributed by atoms with Crippen molar-refractivity contribution < 1.29 is 4.79 Å². The van der Waals surface area contributed by atoms with E-state index >= 15 is 0 Å². The van der Waals surface area contributed by atoms with E-state index in [-0.39, 0.29) is 11.9 Å². The zero-order valence-electron chi connectivity index (χ0n) is 9.99. The molecule has 1 saturated heterocycles. The smallest absolute Gasteiger partial charge is 0.266 e. The van der Waals surface area contributed by atoms with Crippen molar-refractivity contribution in [2.75, 3.05) is 12.4 Å². The lowest BCUT2D eigenvalue weighted by Gasteiger charge is -2.28. The van der Waals surface area contributed by atoms with Gasteiger partial charge in [-0.3, -0.25) is 4.79 Å². The van der Waals surface area contributed by atoms with Crippen molar-refractivity contribution in [2.45, 2.75) is 38.6 Å². The van der Waals surface area contributed by atoms with E-state index in [9.17, 15) is 4.79 Å². The van der Waals surface area contributed by atoms with Crippen molar-refractivity contribution in [3.8, 4) is 0 Å². The van der Waals surface area contributed by atoms with Crippen LogP contribution in [0, 0.1) is 6.92 Å². The molecule has 2 heterocycles. The molecule has 0 spiro atoms. The van der Waals surface area contributed by atoms with E-state index in [1.807, 2.05) is 11.8 Å². The molecule has 0 radical (unpaired) electrons. The SMILES string of the molecule is Cc1ncsc1C(=O)N1CCCCCC1CCl. The van der Waals surface area contributed by atoms with Crippen LogP contribution in [0.25, 0.3) is 0 Å². The van der Waals surface area contributed by atoms with Gasteiger partial charge in [0.05, 0.1) is 11.2 Å². The Morgan fingerprint density at radius 3 is 3.06 bits per heavy atom. The number of amides is 1. The van der Waals surface area contributed by atoms with Crippen LogP contribution in [-0.4, -0.2) is 34.3 Å². The lowest BCUT2D eigenvalue weighted by Crippen LogP contribution is -2.41.